The van der Waals surface area contributed by atoms with Crippen molar-refractivity contribution in [1.82, 2.24) is 0 Å². The van der Waals surface area contributed by atoms with Crippen molar-refractivity contribution < 1.29 is 28.2 Å². The summed E-state index contributed by atoms with van der Waals surface area (Å²) >= 11 is 0. The van der Waals surface area contributed by atoms with E-state index in [-0.39, 0.29) is 12.2 Å². The second kappa shape index (κ2) is 6.28. The van der Waals surface area contributed by atoms with Gasteiger partial charge in [0.1, 0.15) is 0 Å². The van der Waals surface area contributed by atoms with Gasteiger partial charge in [0.2, 0.25) is 0 Å². The molecule has 0 radical (unpaired) electrons. The van der Waals surface area contributed by atoms with Crippen molar-refractivity contribution in [3.63, 3.8) is 0 Å². The van der Waals surface area contributed by atoms with E-state index in [0.717, 1.165) is 0 Å². The molecule has 7 heteroatoms. The Balaban J connectivity index is 2.48. The van der Waals surface area contributed by atoms with Gasteiger partial charge in [0.05, 0.1) is 18.8 Å². The van der Waals surface area contributed by atoms with E-state index in [0.29, 0.717) is 13.0 Å². The van der Waals surface area contributed by atoms with E-state index in [2.05, 4.69) is 0 Å². The van der Waals surface area contributed by atoms with Gasteiger partial charge in [0.25, 0.3) is 0 Å². The Labute approximate surface area is 107 Å². The predicted octanol–water partition coefficient (Wildman–Crippen LogP) is 1.89. The van der Waals surface area contributed by atoms with Gasteiger partial charge in [-0.1, -0.05) is 0 Å². The minimum absolute atomic E-state index is 0.177. The first-order valence-electron chi connectivity index (χ1n) is 5.70. The van der Waals surface area contributed by atoms with E-state index >= 15 is 0 Å². The van der Waals surface area contributed by atoms with Gasteiger partial charge in [-0.25, -0.2) is 0 Å². The summed E-state index contributed by atoms with van der Waals surface area (Å²) in [5.41, 5.74) is 0. The molecule has 1 aliphatic rings. The summed E-state index contributed by atoms with van der Waals surface area (Å²) in [6.45, 7) is 3.53. The molecule has 0 bridgehead atoms. The average Bonchev–Trinajstić information content (AvgIpc) is 2.71. The molecule has 0 aromatic carbocycles. The van der Waals surface area contributed by atoms with Crippen molar-refractivity contribution in [1.29, 1.82) is 0 Å². The normalized spacial score (nSPS) is 26.1. The minimum atomic E-state index is -3.15. The fraction of sp³-hybridized carbons (Fsp3) is 0.818. The van der Waals surface area contributed by atoms with Gasteiger partial charge in [0.15, 0.2) is 5.79 Å². The molecule has 6 nitrogen and oxygen atoms in total. The summed E-state index contributed by atoms with van der Waals surface area (Å²) in [6.07, 6.45) is 1.84. The van der Waals surface area contributed by atoms with Crippen molar-refractivity contribution in [2.45, 2.75) is 38.3 Å². The monoisotopic (exact) mass is 280 g/mol. The van der Waals surface area contributed by atoms with Crippen LogP contribution >= 0.6 is 7.60 Å². The first-order chi connectivity index (χ1) is 8.28. The zero-order chi connectivity index (χ0) is 13.8. The standard InChI is InChI=1S/C11H21O6P/c1-11(2,12)17-10-7-9(16-8-10)5-6-18(13,14-3)15-4/h5-6,9-10,12H,7-8H2,1-4H3/b6-5+/t9-,10-/m1/s1. The van der Waals surface area contributed by atoms with Crippen molar-refractivity contribution in [2.75, 3.05) is 20.8 Å². The molecule has 0 amide bonds. The van der Waals surface area contributed by atoms with Crippen LogP contribution in [0.1, 0.15) is 20.3 Å². The molecule has 0 unspecified atom stereocenters. The molecule has 0 aromatic rings. The molecule has 1 rings (SSSR count). The zero-order valence-electron chi connectivity index (χ0n) is 11.2. The summed E-state index contributed by atoms with van der Waals surface area (Å²) in [4.78, 5) is 0. The second-order valence-electron chi connectivity index (χ2n) is 4.54. The SMILES string of the molecule is COP(=O)(/C=C/[C@@H]1C[C@@H](OC(C)(C)O)CO1)OC. The lowest BCUT2D eigenvalue weighted by Gasteiger charge is -2.22. The molecule has 0 aliphatic carbocycles. The Morgan fingerprint density at radius 2 is 2.00 bits per heavy atom. The molecule has 1 fully saturated rings. The molecule has 0 saturated carbocycles. The molecule has 1 aliphatic heterocycles. The third-order valence-corrected chi connectivity index (χ3v) is 3.99. The smallest absolute Gasteiger partial charge is 0.353 e. The third kappa shape index (κ3) is 5.18. The van der Waals surface area contributed by atoms with E-state index < -0.39 is 13.4 Å². The Morgan fingerprint density at radius 1 is 1.39 bits per heavy atom. The number of aliphatic hydroxyl groups is 1. The van der Waals surface area contributed by atoms with E-state index in [9.17, 15) is 9.67 Å². The van der Waals surface area contributed by atoms with Crippen molar-refractivity contribution in [2.24, 2.45) is 0 Å². The fourth-order valence-electron chi connectivity index (χ4n) is 1.65. The first kappa shape index (κ1) is 15.8. The summed E-state index contributed by atoms with van der Waals surface area (Å²) in [5, 5.41) is 9.52. The Hall–Kier alpha value is -0.230. The van der Waals surface area contributed by atoms with Crippen molar-refractivity contribution in [3.8, 4) is 0 Å². The van der Waals surface area contributed by atoms with Crippen LogP contribution in [0.2, 0.25) is 0 Å². The van der Waals surface area contributed by atoms with Crippen molar-refractivity contribution >= 4 is 7.60 Å². The van der Waals surface area contributed by atoms with Gasteiger partial charge in [-0.05, 0) is 19.9 Å². The second-order valence-corrected chi connectivity index (χ2v) is 6.65. The quantitative estimate of drug-likeness (QED) is 0.591. The highest BCUT2D eigenvalue weighted by molar-refractivity contribution is 7.57. The largest absolute Gasteiger partial charge is 0.371 e. The van der Waals surface area contributed by atoms with E-state index in [1.54, 1.807) is 19.9 Å². The first-order valence-corrected chi connectivity index (χ1v) is 7.31. The molecule has 106 valence electrons. The zero-order valence-corrected chi connectivity index (χ0v) is 12.1. The molecule has 1 heterocycles. The number of rotatable bonds is 6. The van der Waals surface area contributed by atoms with Gasteiger partial charge in [-0.15, -0.1) is 0 Å². The summed E-state index contributed by atoms with van der Waals surface area (Å²) in [6, 6.07) is 0. The van der Waals surface area contributed by atoms with Gasteiger partial charge in [-0.3, -0.25) is 4.57 Å². The van der Waals surface area contributed by atoms with Gasteiger partial charge >= 0.3 is 7.60 Å². The lowest BCUT2D eigenvalue weighted by Crippen LogP contribution is -2.30. The fourth-order valence-corrected chi connectivity index (χ4v) is 2.44. The van der Waals surface area contributed by atoms with Crippen LogP contribution in [-0.2, 0) is 23.1 Å². The molecule has 0 spiro atoms. The number of hydrogen-bond donors (Lipinski definition) is 1. The van der Waals surface area contributed by atoms with E-state index in [1.807, 2.05) is 0 Å². The highest BCUT2D eigenvalue weighted by Crippen LogP contribution is 2.48. The minimum Gasteiger partial charge on any atom is -0.371 e. The number of ether oxygens (including phenoxy) is 2. The Bertz CT molecular complexity index is 327. The molecular weight excluding hydrogens is 259 g/mol. The maximum absolute atomic E-state index is 11.8. The maximum Gasteiger partial charge on any atom is 0.353 e. The highest BCUT2D eigenvalue weighted by atomic mass is 31.2. The van der Waals surface area contributed by atoms with Gasteiger partial charge in [0, 0.05) is 26.5 Å². The molecule has 18 heavy (non-hydrogen) atoms. The van der Waals surface area contributed by atoms with Crippen LogP contribution in [0.4, 0.5) is 0 Å². The predicted molar refractivity (Wildman–Crippen MR) is 66.3 cm³/mol. The molecule has 1 N–H and O–H groups in total. The lowest BCUT2D eigenvalue weighted by molar-refractivity contribution is -0.204. The van der Waals surface area contributed by atoms with Gasteiger partial charge in [-0.2, -0.15) is 0 Å². The Kier molecular flexibility index (Phi) is 5.52. The third-order valence-electron chi connectivity index (χ3n) is 2.44. The highest BCUT2D eigenvalue weighted by Gasteiger charge is 2.29. The van der Waals surface area contributed by atoms with Crippen LogP contribution in [0.25, 0.3) is 0 Å². The van der Waals surface area contributed by atoms with Crippen LogP contribution < -0.4 is 0 Å². The topological polar surface area (TPSA) is 74.2 Å². The molecule has 0 aromatic heterocycles. The molecule has 1 saturated heterocycles. The molecular formula is C11H21O6P. The van der Waals surface area contributed by atoms with Crippen LogP contribution in [0, 0.1) is 0 Å². The van der Waals surface area contributed by atoms with Crippen LogP contribution in [0.15, 0.2) is 11.9 Å². The van der Waals surface area contributed by atoms with Gasteiger partial charge < -0.3 is 23.6 Å². The van der Waals surface area contributed by atoms with Crippen LogP contribution in [-0.4, -0.2) is 43.9 Å². The maximum atomic E-state index is 11.8. The lowest BCUT2D eigenvalue weighted by atomic mass is 10.2. The summed E-state index contributed by atoms with van der Waals surface area (Å²) in [5.74, 6) is 0.200. The molecule has 2 atom stereocenters. The van der Waals surface area contributed by atoms with Crippen LogP contribution in [0.5, 0.6) is 0 Å². The van der Waals surface area contributed by atoms with Crippen molar-refractivity contribution in [3.05, 3.63) is 11.9 Å². The number of hydrogen-bond acceptors (Lipinski definition) is 6. The van der Waals surface area contributed by atoms with E-state index in [1.165, 1.54) is 20.0 Å². The van der Waals surface area contributed by atoms with E-state index in [4.69, 9.17) is 18.5 Å². The summed E-state index contributed by atoms with van der Waals surface area (Å²) in [7, 11) is -0.498. The Morgan fingerprint density at radius 3 is 2.50 bits per heavy atom. The van der Waals surface area contributed by atoms with Crippen LogP contribution in [0.3, 0.4) is 0 Å². The summed E-state index contributed by atoms with van der Waals surface area (Å²) < 4.78 is 32.1. The average molecular weight is 280 g/mol.